The van der Waals surface area contributed by atoms with Crippen molar-refractivity contribution in [2.75, 3.05) is 6.61 Å². The first-order valence-electron chi connectivity index (χ1n) is 6.53. The van der Waals surface area contributed by atoms with Gasteiger partial charge >= 0.3 is 0 Å². The van der Waals surface area contributed by atoms with Crippen molar-refractivity contribution in [1.82, 2.24) is 4.98 Å². The predicted molar refractivity (Wildman–Crippen MR) is 79.6 cm³/mol. The summed E-state index contributed by atoms with van der Waals surface area (Å²) in [6.45, 7) is 4.88. The molecule has 0 spiro atoms. The van der Waals surface area contributed by atoms with Crippen LogP contribution in [0.25, 0.3) is 0 Å². The predicted octanol–water partition coefficient (Wildman–Crippen LogP) is 3.73. The van der Waals surface area contributed by atoms with E-state index in [0.717, 1.165) is 10.7 Å². The second kappa shape index (κ2) is 7.14. The summed E-state index contributed by atoms with van der Waals surface area (Å²) in [6, 6.07) is 5.99. The highest BCUT2D eigenvalue weighted by molar-refractivity contribution is 7.09. The molecule has 1 unspecified atom stereocenters. The van der Waals surface area contributed by atoms with Crippen LogP contribution in [0.5, 0.6) is 5.75 Å². The zero-order chi connectivity index (χ0) is 15.2. The van der Waals surface area contributed by atoms with Gasteiger partial charge in [0, 0.05) is 24.1 Å². The Morgan fingerprint density at radius 3 is 2.71 bits per heavy atom. The largest absolute Gasteiger partial charge is 0.487 e. The van der Waals surface area contributed by atoms with Crippen LogP contribution in [-0.2, 0) is 11.3 Å². The van der Waals surface area contributed by atoms with E-state index >= 15 is 0 Å². The summed E-state index contributed by atoms with van der Waals surface area (Å²) in [6.07, 6.45) is -0.0203. The Morgan fingerprint density at radius 1 is 1.38 bits per heavy atom. The van der Waals surface area contributed by atoms with Crippen molar-refractivity contribution < 1.29 is 14.4 Å². The zero-order valence-corrected chi connectivity index (χ0v) is 12.6. The van der Waals surface area contributed by atoms with Gasteiger partial charge in [-0.25, -0.2) is 4.98 Å². The monoisotopic (exact) mass is 308 g/mol. The first-order valence-corrected chi connectivity index (χ1v) is 7.41. The van der Waals surface area contributed by atoms with Gasteiger partial charge in [-0.05, 0) is 26.0 Å². The molecule has 0 saturated heterocycles. The van der Waals surface area contributed by atoms with Crippen LogP contribution in [0.2, 0.25) is 0 Å². The smallest absolute Gasteiger partial charge is 0.269 e. The Kier molecular flexibility index (Phi) is 5.24. The van der Waals surface area contributed by atoms with Gasteiger partial charge in [0.15, 0.2) is 0 Å². The van der Waals surface area contributed by atoms with E-state index in [-0.39, 0.29) is 11.8 Å². The number of benzene rings is 1. The molecule has 1 aromatic heterocycles. The van der Waals surface area contributed by atoms with Crippen molar-refractivity contribution in [3.63, 3.8) is 0 Å². The van der Waals surface area contributed by atoms with E-state index in [4.69, 9.17) is 9.47 Å². The van der Waals surface area contributed by atoms with Gasteiger partial charge in [0.25, 0.3) is 5.69 Å². The van der Waals surface area contributed by atoms with Crippen LogP contribution in [0, 0.1) is 10.1 Å². The van der Waals surface area contributed by atoms with Crippen LogP contribution in [0.1, 0.15) is 30.7 Å². The van der Waals surface area contributed by atoms with Crippen molar-refractivity contribution in [1.29, 1.82) is 0 Å². The molecule has 0 aliphatic carbocycles. The molecule has 2 rings (SSSR count). The van der Waals surface area contributed by atoms with Crippen LogP contribution in [0.15, 0.2) is 29.6 Å². The lowest BCUT2D eigenvalue weighted by Gasteiger charge is -2.07. The summed E-state index contributed by atoms with van der Waals surface area (Å²) in [5.74, 6) is 0.577. The summed E-state index contributed by atoms with van der Waals surface area (Å²) in [7, 11) is 0. The Balaban J connectivity index is 1.92. The number of thiazole rings is 1. The molecule has 0 bridgehead atoms. The molecule has 0 saturated carbocycles. The van der Waals surface area contributed by atoms with Crippen LogP contribution in [0.4, 0.5) is 5.69 Å². The van der Waals surface area contributed by atoms with Crippen LogP contribution < -0.4 is 4.74 Å². The van der Waals surface area contributed by atoms with Crippen molar-refractivity contribution in [3.05, 3.63) is 50.5 Å². The highest BCUT2D eigenvalue weighted by atomic mass is 32.1. The van der Waals surface area contributed by atoms with Gasteiger partial charge in [0.2, 0.25) is 0 Å². The number of ether oxygens (including phenoxy) is 2. The third-order valence-electron chi connectivity index (χ3n) is 2.77. The number of rotatable bonds is 7. The fourth-order valence-electron chi connectivity index (χ4n) is 1.72. The van der Waals surface area contributed by atoms with Gasteiger partial charge < -0.3 is 9.47 Å². The summed E-state index contributed by atoms with van der Waals surface area (Å²) in [4.78, 5) is 14.6. The molecule has 0 aliphatic heterocycles. The maximum absolute atomic E-state index is 10.6. The molecule has 2 aromatic rings. The molecular formula is C14H16N2O4S. The number of hydrogen-bond donors (Lipinski definition) is 0. The normalized spacial score (nSPS) is 12.1. The molecule has 0 aliphatic rings. The average Bonchev–Trinajstić information content (AvgIpc) is 2.95. The Morgan fingerprint density at radius 2 is 2.10 bits per heavy atom. The fraction of sp³-hybridized carbons (Fsp3) is 0.357. The lowest BCUT2D eigenvalue weighted by molar-refractivity contribution is -0.384. The molecule has 21 heavy (non-hydrogen) atoms. The third-order valence-corrected chi connectivity index (χ3v) is 3.82. The second-order valence-corrected chi connectivity index (χ2v) is 5.20. The molecule has 1 atom stereocenters. The second-order valence-electron chi connectivity index (χ2n) is 4.31. The lowest BCUT2D eigenvalue weighted by atomic mass is 10.3. The van der Waals surface area contributed by atoms with Gasteiger partial charge in [-0.3, -0.25) is 10.1 Å². The van der Waals surface area contributed by atoms with Crippen molar-refractivity contribution in [2.24, 2.45) is 0 Å². The molecule has 7 heteroatoms. The molecule has 0 N–H and O–H groups in total. The minimum atomic E-state index is -0.439. The van der Waals surface area contributed by atoms with Crippen LogP contribution in [-0.4, -0.2) is 16.5 Å². The number of nitro benzene ring substituents is 1. The first-order chi connectivity index (χ1) is 10.1. The fourth-order valence-corrected chi connectivity index (χ4v) is 2.53. The van der Waals surface area contributed by atoms with E-state index in [1.165, 1.54) is 23.5 Å². The number of hydrogen-bond acceptors (Lipinski definition) is 6. The summed E-state index contributed by atoms with van der Waals surface area (Å²) < 4.78 is 11.0. The van der Waals surface area contributed by atoms with E-state index < -0.39 is 4.92 Å². The van der Waals surface area contributed by atoms with Crippen LogP contribution in [0.3, 0.4) is 0 Å². The SMILES string of the molecule is CCOC(C)c1nc(COc2ccc([N+](=O)[O-])cc2)cs1. The number of nitro groups is 1. The van der Waals surface area contributed by atoms with Gasteiger partial charge in [-0.1, -0.05) is 0 Å². The Hall–Kier alpha value is -1.99. The molecule has 0 radical (unpaired) electrons. The van der Waals surface area contributed by atoms with Crippen molar-refractivity contribution in [2.45, 2.75) is 26.6 Å². The van der Waals surface area contributed by atoms with Gasteiger partial charge in [-0.2, -0.15) is 0 Å². The van der Waals surface area contributed by atoms with Crippen LogP contribution >= 0.6 is 11.3 Å². The summed E-state index contributed by atoms with van der Waals surface area (Å²) in [5.41, 5.74) is 0.865. The maximum Gasteiger partial charge on any atom is 0.269 e. The number of nitrogens with zero attached hydrogens (tertiary/aromatic N) is 2. The van der Waals surface area contributed by atoms with Crippen molar-refractivity contribution >= 4 is 17.0 Å². The minimum absolute atomic E-state index is 0.0203. The topological polar surface area (TPSA) is 74.5 Å². The first kappa shape index (κ1) is 15.4. The van der Waals surface area contributed by atoms with E-state index in [9.17, 15) is 10.1 Å². The van der Waals surface area contributed by atoms with E-state index in [1.807, 2.05) is 19.2 Å². The summed E-state index contributed by atoms with van der Waals surface area (Å²) >= 11 is 1.53. The highest BCUT2D eigenvalue weighted by Gasteiger charge is 2.11. The molecular weight excluding hydrogens is 292 g/mol. The quantitative estimate of drug-likeness (QED) is 0.575. The third kappa shape index (κ3) is 4.24. The highest BCUT2D eigenvalue weighted by Crippen LogP contribution is 2.22. The van der Waals surface area contributed by atoms with Gasteiger partial charge in [0.05, 0.1) is 10.6 Å². The van der Waals surface area contributed by atoms with E-state index in [2.05, 4.69) is 4.98 Å². The van der Waals surface area contributed by atoms with Crippen molar-refractivity contribution in [3.8, 4) is 5.75 Å². The van der Waals surface area contributed by atoms with E-state index in [1.54, 1.807) is 12.1 Å². The van der Waals surface area contributed by atoms with Gasteiger partial charge in [-0.15, -0.1) is 11.3 Å². The molecule has 112 valence electrons. The number of non-ortho nitro benzene ring substituents is 1. The lowest BCUT2D eigenvalue weighted by Crippen LogP contribution is -2.00. The minimum Gasteiger partial charge on any atom is -0.487 e. The molecule has 0 fully saturated rings. The Bertz CT molecular complexity index is 597. The Labute approximate surface area is 126 Å². The summed E-state index contributed by atoms with van der Waals surface area (Å²) in [5, 5.41) is 13.4. The standard InChI is InChI=1S/C14H16N2O4S/c1-3-19-10(2)14-15-11(9-21-14)8-20-13-6-4-12(5-7-13)16(17)18/h4-7,9-10H,3,8H2,1-2H3. The number of aromatic nitrogens is 1. The molecule has 1 aromatic carbocycles. The molecule has 1 heterocycles. The maximum atomic E-state index is 10.6. The van der Waals surface area contributed by atoms with E-state index in [0.29, 0.717) is 19.0 Å². The average molecular weight is 308 g/mol. The van der Waals surface area contributed by atoms with Gasteiger partial charge in [0.1, 0.15) is 23.5 Å². The molecule has 0 amide bonds. The molecule has 6 nitrogen and oxygen atoms in total. The zero-order valence-electron chi connectivity index (χ0n) is 11.8.